The zero-order chi connectivity index (χ0) is 10.1. The van der Waals surface area contributed by atoms with Crippen molar-refractivity contribution < 1.29 is 4.92 Å². The van der Waals surface area contributed by atoms with Crippen molar-refractivity contribution in [2.45, 2.75) is 0 Å². The van der Waals surface area contributed by atoms with Crippen molar-refractivity contribution in [1.29, 1.82) is 0 Å². The maximum Gasteiger partial charge on any atom is 0.293 e. The predicted molar refractivity (Wildman–Crippen MR) is 55.4 cm³/mol. The second-order valence-corrected chi connectivity index (χ2v) is 3.25. The first-order valence-corrected chi connectivity index (χ1v) is 4.35. The molecular formula is C10H10N2O2. The molecule has 0 unspecified atom stereocenters. The molecule has 1 aromatic rings. The Bertz CT molecular complexity index is 413. The van der Waals surface area contributed by atoms with E-state index < -0.39 is 0 Å². The van der Waals surface area contributed by atoms with Gasteiger partial charge in [-0.05, 0) is 0 Å². The van der Waals surface area contributed by atoms with Gasteiger partial charge in [0.2, 0.25) is 0 Å². The van der Waals surface area contributed by atoms with E-state index in [4.69, 9.17) is 0 Å². The summed E-state index contributed by atoms with van der Waals surface area (Å²) in [6.45, 7) is 0.720. The first-order valence-electron chi connectivity index (χ1n) is 4.35. The fraction of sp³-hybridized carbons (Fsp3) is 0.200. The second-order valence-electron chi connectivity index (χ2n) is 3.25. The number of fused-ring (bicyclic) bond motifs is 1. The molecule has 0 spiro atoms. The van der Waals surface area contributed by atoms with Gasteiger partial charge >= 0.3 is 0 Å². The number of rotatable bonds is 1. The fourth-order valence-electron chi connectivity index (χ4n) is 1.68. The van der Waals surface area contributed by atoms with Crippen LogP contribution in [0.15, 0.2) is 24.3 Å². The standard InChI is InChI=1S/C10H10N2O2/c1-11-7-3-5-8-4-2-6-9(10(8)11)12(13)14/h2-6H,7H2,1H3. The molecule has 14 heavy (non-hydrogen) atoms. The van der Waals surface area contributed by atoms with Gasteiger partial charge in [0.1, 0.15) is 5.69 Å². The summed E-state index contributed by atoms with van der Waals surface area (Å²) in [4.78, 5) is 12.3. The van der Waals surface area contributed by atoms with Crippen molar-refractivity contribution >= 4 is 17.5 Å². The molecule has 2 rings (SSSR count). The summed E-state index contributed by atoms with van der Waals surface area (Å²) in [7, 11) is 1.86. The van der Waals surface area contributed by atoms with E-state index in [0.29, 0.717) is 5.69 Å². The van der Waals surface area contributed by atoms with Crippen LogP contribution >= 0.6 is 0 Å². The van der Waals surface area contributed by atoms with Crippen LogP contribution < -0.4 is 4.90 Å². The van der Waals surface area contributed by atoms with Gasteiger partial charge in [0.25, 0.3) is 5.69 Å². The maximum atomic E-state index is 10.8. The smallest absolute Gasteiger partial charge is 0.293 e. The summed E-state index contributed by atoms with van der Waals surface area (Å²) in [5.41, 5.74) is 1.79. The Kier molecular flexibility index (Phi) is 1.96. The normalized spacial score (nSPS) is 13.9. The van der Waals surface area contributed by atoms with Gasteiger partial charge in [-0.25, -0.2) is 0 Å². The molecule has 0 fully saturated rings. The van der Waals surface area contributed by atoms with Crippen molar-refractivity contribution in [3.63, 3.8) is 0 Å². The van der Waals surface area contributed by atoms with Crippen LogP contribution in [0.2, 0.25) is 0 Å². The largest absolute Gasteiger partial charge is 0.365 e. The van der Waals surface area contributed by atoms with Gasteiger partial charge in [0, 0.05) is 25.2 Å². The number of nitrogens with zero attached hydrogens (tertiary/aromatic N) is 2. The number of para-hydroxylation sites is 1. The SMILES string of the molecule is CN1CC=Cc2cccc([N+](=O)[O-])c21. The second kappa shape index (κ2) is 3.14. The van der Waals surface area contributed by atoms with Gasteiger partial charge in [-0.3, -0.25) is 10.1 Å². The highest BCUT2D eigenvalue weighted by Gasteiger charge is 2.20. The van der Waals surface area contributed by atoms with Crippen molar-refractivity contribution in [3.8, 4) is 0 Å². The van der Waals surface area contributed by atoms with Gasteiger partial charge in [-0.15, -0.1) is 0 Å². The summed E-state index contributed by atoms with van der Waals surface area (Å²) < 4.78 is 0. The number of nitro benzene ring substituents is 1. The molecule has 0 atom stereocenters. The van der Waals surface area contributed by atoms with Gasteiger partial charge in [0.15, 0.2) is 0 Å². The Morgan fingerprint density at radius 2 is 2.29 bits per heavy atom. The summed E-state index contributed by atoms with van der Waals surface area (Å²) in [6.07, 6.45) is 3.91. The van der Waals surface area contributed by atoms with Crippen molar-refractivity contribution in [3.05, 3.63) is 40.0 Å². The Balaban J connectivity index is 2.64. The molecule has 0 aliphatic carbocycles. The predicted octanol–water partition coefficient (Wildman–Crippen LogP) is 2.06. The fourth-order valence-corrected chi connectivity index (χ4v) is 1.68. The lowest BCUT2D eigenvalue weighted by molar-refractivity contribution is -0.384. The molecule has 1 heterocycles. The first kappa shape index (κ1) is 8.74. The molecule has 0 amide bonds. The lowest BCUT2D eigenvalue weighted by Gasteiger charge is -2.22. The molecule has 0 N–H and O–H groups in total. The molecule has 0 saturated carbocycles. The molecule has 0 bridgehead atoms. The van der Waals surface area contributed by atoms with Crippen LogP contribution in [0.25, 0.3) is 6.08 Å². The third kappa shape index (κ3) is 1.25. The number of benzene rings is 1. The molecule has 4 nitrogen and oxygen atoms in total. The Hall–Kier alpha value is -1.84. The van der Waals surface area contributed by atoms with Gasteiger partial charge in [0.05, 0.1) is 4.92 Å². The topological polar surface area (TPSA) is 46.4 Å². The van der Waals surface area contributed by atoms with E-state index in [1.165, 1.54) is 6.07 Å². The highest BCUT2D eigenvalue weighted by Crippen LogP contribution is 2.33. The molecule has 0 aromatic heterocycles. The molecule has 1 aliphatic heterocycles. The van der Waals surface area contributed by atoms with Crippen molar-refractivity contribution in [2.24, 2.45) is 0 Å². The molecule has 4 heteroatoms. The monoisotopic (exact) mass is 190 g/mol. The molecule has 72 valence electrons. The Morgan fingerprint density at radius 1 is 1.50 bits per heavy atom. The molecule has 0 radical (unpaired) electrons. The molecule has 1 aromatic carbocycles. The maximum absolute atomic E-state index is 10.8. The lowest BCUT2D eigenvalue weighted by atomic mass is 10.1. The molecule has 0 saturated heterocycles. The van der Waals surface area contributed by atoms with Crippen LogP contribution in [0.1, 0.15) is 5.56 Å². The van der Waals surface area contributed by atoms with E-state index in [2.05, 4.69) is 0 Å². The van der Waals surface area contributed by atoms with E-state index in [-0.39, 0.29) is 10.6 Å². The Labute approximate surface area is 81.6 Å². The van der Waals surface area contributed by atoms with Crippen LogP contribution in [-0.2, 0) is 0 Å². The van der Waals surface area contributed by atoms with Gasteiger partial charge in [-0.2, -0.15) is 0 Å². The van der Waals surface area contributed by atoms with Crippen LogP contribution in [0.3, 0.4) is 0 Å². The highest BCUT2D eigenvalue weighted by molar-refractivity contribution is 5.78. The number of anilines is 1. The quantitative estimate of drug-likeness (QED) is 0.503. The average molecular weight is 190 g/mol. The summed E-state index contributed by atoms with van der Waals surface area (Å²) in [5.74, 6) is 0. The number of hydrogen-bond acceptors (Lipinski definition) is 3. The molecule has 1 aliphatic rings. The zero-order valence-electron chi connectivity index (χ0n) is 7.80. The average Bonchev–Trinajstić information content (AvgIpc) is 2.17. The first-order chi connectivity index (χ1) is 6.70. The highest BCUT2D eigenvalue weighted by atomic mass is 16.6. The van der Waals surface area contributed by atoms with Crippen LogP contribution in [0, 0.1) is 10.1 Å². The number of likely N-dealkylation sites (N-methyl/N-ethyl adjacent to an activating group) is 1. The minimum atomic E-state index is -0.339. The summed E-state index contributed by atoms with van der Waals surface area (Å²) >= 11 is 0. The van der Waals surface area contributed by atoms with E-state index >= 15 is 0 Å². The summed E-state index contributed by atoms with van der Waals surface area (Å²) in [5, 5.41) is 10.8. The minimum Gasteiger partial charge on any atom is -0.365 e. The number of hydrogen-bond donors (Lipinski definition) is 0. The van der Waals surface area contributed by atoms with Gasteiger partial charge < -0.3 is 4.90 Å². The van der Waals surface area contributed by atoms with Crippen LogP contribution in [0.5, 0.6) is 0 Å². The minimum absolute atomic E-state index is 0.175. The van der Waals surface area contributed by atoms with E-state index in [9.17, 15) is 10.1 Å². The summed E-state index contributed by atoms with van der Waals surface area (Å²) in [6, 6.07) is 5.13. The van der Waals surface area contributed by atoms with Crippen molar-refractivity contribution in [2.75, 3.05) is 18.5 Å². The van der Waals surface area contributed by atoms with Gasteiger partial charge in [-0.1, -0.05) is 24.3 Å². The lowest BCUT2D eigenvalue weighted by Crippen LogP contribution is -2.21. The zero-order valence-corrected chi connectivity index (χ0v) is 7.80. The van der Waals surface area contributed by atoms with Crippen molar-refractivity contribution in [1.82, 2.24) is 0 Å². The van der Waals surface area contributed by atoms with E-state index in [0.717, 1.165) is 12.1 Å². The third-order valence-corrected chi connectivity index (χ3v) is 2.30. The van der Waals surface area contributed by atoms with E-state index in [1.54, 1.807) is 6.07 Å². The molecular weight excluding hydrogens is 180 g/mol. The van der Waals surface area contributed by atoms with E-state index in [1.807, 2.05) is 30.2 Å². The van der Waals surface area contributed by atoms with Crippen LogP contribution in [-0.4, -0.2) is 18.5 Å². The Morgan fingerprint density at radius 3 is 3.00 bits per heavy atom. The number of nitro groups is 1. The third-order valence-electron chi connectivity index (χ3n) is 2.30. The van der Waals surface area contributed by atoms with Crippen LogP contribution in [0.4, 0.5) is 11.4 Å².